The molecule has 0 aromatic rings. The molecule has 2 aliphatic carbocycles. The molecule has 0 aromatic heterocycles. The summed E-state index contributed by atoms with van der Waals surface area (Å²) < 4.78 is 0. The van der Waals surface area contributed by atoms with Crippen LogP contribution in [0, 0.1) is 11.8 Å². The van der Waals surface area contributed by atoms with Crippen LogP contribution in [0.25, 0.3) is 0 Å². The van der Waals surface area contributed by atoms with Gasteiger partial charge in [0, 0.05) is 12.0 Å². The summed E-state index contributed by atoms with van der Waals surface area (Å²) in [5.74, 6) is 1.94. The predicted octanol–water partition coefficient (Wildman–Crippen LogP) is 3.26. The predicted molar refractivity (Wildman–Crippen MR) is 66.1 cm³/mol. The van der Waals surface area contributed by atoms with Gasteiger partial charge in [0.25, 0.3) is 0 Å². The van der Waals surface area contributed by atoms with E-state index < -0.39 is 0 Å². The maximum Gasteiger partial charge on any atom is 0.220 e. The van der Waals surface area contributed by atoms with Crippen LogP contribution in [-0.2, 0) is 4.79 Å². The zero-order chi connectivity index (χ0) is 11.6. The molecule has 16 heavy (non-hydrogen) atoms. The molecule has 2 rings (SSSR count). The summed E-state index contributed by atoms with van der Waals surface area (Å²) in [7, 11) is 0. The number of amides is 1. The van der Waals surface area contributed by atoms with E-state index in [1.165, 1.54) is 38.5 Å². The zero-order valence-electron chi connectivity index (χ0n) is 10.7. The van der Waals surface area contributed by atoms with Gasteiger partial charge in [0.1, 0.15) is 0 Å². The Hall–Kier alpha value is -0.530. The van der Waals surface area contributed by atoms with E-state index in [2.05, 4.69) is 19.2 Å². The molecule has 92 valence electrons. The zero-order valence-corrected chi connectivity index (χ0v) is 10.7. The Balaban J connectivity index is 2.00. The van der Waals surface area contributed by atoms with Crippen molar-refractivity contribution in [1.29, 1.82) is 0 Å². The Kier molecular flexibility index (Phi) is 3.56. The van der Waals surface area contributed by atoms with Crippen molar-refractivity contribution in [3.63, 3.8) is 0 Å². The van der Waals surface area contributed by atoms with Crippen molar-refractivity contribution in [1.82, 2.24) is 5.32 Å². The first kappa shape index (κ1) is 11.9. The molecule has 1 N–H and O–H groups in total. The molecule has 2 heteroatoms. The molecule has 2 bridgehead atoms. The van der Waals surface area contributed by atoms with Gasteiger partial charge in [-0.25, -0.2) is 0 Å². The van der Waals surface area contributed by atoms with Crippen LogP contribution in [0.15, 0.2) is 0 Å². The van der Waals surface area contributed by atoms with Crippen LogP contribution in [-0.4, -0.2) is 11.4 Å². The third-order valence-electron chi connectivity index (χ3n) is 4.30. The molecule has 0 saturated heterocycles. The molecular formula is C14H25NO. The summed E-state index contributed by atoms with van der Waals surface area (Å²) >= 11 is 0. The molecule has 1 amide bonds. The topological polar surface area (TPSA) is 29.1 Å². The van der Waals surface area contributed by atoms with Crippen LogP contribution in [0.2, 0.25) is 0 Å². The van der Waals surface area contributed by atoms with Gasteiger partial charge in [0.2, 0.25) is 5.91 Å². The Morgan fingerprint density at radius 3 is 3.00 bits per heavy atom. The highest BCUT2D eigenvalue weighted by atomic mass is 16.1. The van der Waals surface area contributed by atoms with Crippen molar-refractivity contribution in [2.45, 2.75) is 70.8 Å². The fourth-order valence-electron chi connectivity index (χ4n) is 3.94. The highest BCUT2D eigenvalue weighted by Gasteiger charge is 2.42. The van der Waals surface area contributed by atoms with E-state index in [4.69, 9.17) is 0 Å². The van der Waals surface area contributed by atoms with Gasteiger partial charge in [0.15, 0.2) is 0 Å². The maximum absolute atomic E-state index is 11.8. The van der Waals surface area contributed by atoms with Crippen LogP contribution in [0.5, 0.6) is 0 Å². The molecule has 0 aromatic carbocycles. The first-order valence-corrected chi connectivity index (χ1v) is 6.94. The Morgan fingerprint density at radius 2 is 2.25 bits per heavy atom. The van der Waals surface area contributed by atoms with E-state index >= 15 is 0 Å². The van der Waals surface area contributed by atoms with E-state index in [0.717, 1.165) is 18.3 Å². The summed E-state index contributed by atoms with van der Waals surface area (Å²) in [5, 5.41) is 3.36. The van der Waals surface area contributed by atoms with E-state index in [0.29, 0.717) is 6.42 Å². The van der Waals surface area contributed by atoms with Crippen molar-refractivity contribution in [2.24, 2.45) is 11.8 Å². The molecule has 2 fully saturated rings. The molecule has 2 nitrogen and oxygen atoms in total. The Labute approximate surface area is 99.2 Å². The van der Waals surface area contributed by atoms with E-state index in [1.54, 1.807) is 0 Å². The average molecular weight is 223 g/mol. The minimum atomic E-state index is 0.173. The Bertz CT molecular complexity index is 259. The van der Waals surface area contributed by atoms with Crippen molar-refractivity contribution in [3.05, 3.63) is 0 Å². The highest BCUT2D eigenvalue weighted by molar-refractivity contribution is 5.76. The lowest BCUT2D eigenvalue weighted by molar-refractivity contribution is -0.124. The average Bonchev–Trinajstić information content (AvgIpc) is 2.15. The molecule has 2 saturated carbocycles. The SMILES string of the molecule is CCCC(=O)NC12CCCC(CC(C)C1)C2. The van der Waals surface area contributed by atoms with E-state index in [-0.39, 0.29) is 11.4 Å². The van der Waals surface area contributed by atoms with Crippen LogP contribution < -0.4 is 5.32 Å². The molecule has 0 spiro atoms. The summed E-state index contributed by atoms with van der Waals surface area (Å²) in [4.78, 5) is 11.8. The number of carbonyl (C=O) groups is 1. The third-order valence-corrected chi connectivity index (χ3v) is 4.30. The normalized spacial score (nSPS) is 38.1. The number of nitrogens with one attached hydrogen (secondary N) is 1. The number of fused-ring (bicyclic) bond motifs is 2. The lowest BCUT2D eigenvalue weighted by Gasteiger charge is -2.48. The quantitative estimate of drug-likeness (QED) is 0.781. The van der Waals surface area contributed by atoms with Gasteiger partial charge in [-0.15, -0.1) is 0 Å². The fourth-order valence-corrected chi connectivity index (χ4v) is 3.94. The van der Waals surface area contributed by atoms with Gasteiger partial charge in [-0.05, 0) is 43.9 Å². The van der Waals surface area contributed by atoms with Gasteiger partial charge in [-0.2, -0.15) is 0 Å². The molecule has 3 atom stereocenters. The molecule has 3 unspecified atom stereocenters. The maximum atomic E-state index is 11.8. The lowest BCUT2D eigenvalue weighted by atomic mass is 9.64. The van der Waals surface area contributed by atoms with Crippen molar-refractivity contribution < 1.29 is 4.79 Å². The van der Waals surface area contributed by atoms with Crippen LogP contribution >= 0.6 is 0 Å². The number of hydrogen-bond donors (Lipinski definition) is 1. The van der Waals surface area contributed by atoms with Crippen molar-refractivity contribution in [3.8, 4) is 0 Å². The van der Waals surface area contributed by atoms with E-state index in [9.17, 15) is 4.79 Å². The highest BCUT2D eigenvalue weighted by Crippen LogP contribution is 2.45. The van der Waals surface area contributed by atoms with Gasteiger partial charge in [-0.3, -0.25) is 4.79 Å². The second-order valence-electron chi connectivity index (χ2n) is 6.09. The molecule has 2 aliphatic rings. The fraction of sp³-hybridized carbons (Fsp3) is 0.929. The van der Waals surface area contributed by atoms with Crippen LogP contribution in [0.3, 0.4) is 0 Å². The van der Waals surface area contributed by atoms with Crippen LogP contribution in [0.4, 0.5) is 0 Å². The Morgan fingerprint density at radius 1 is 1.44 bits per heavy atom. The summed E-state index contributed by atoms with van der Waals surface area (Å²) in [6.07, 6.45) is 9.39. The molecule has 0 radical (unpaired) electrons. The van der Waals surface area contributed by atoms with Gasteiger partial charge in [0.05, 0.1) is 0 Å². The van der Waals surface area contributed by atoms with Crippen molar-refractivity contribution in [2.75, 3.05) is 0 Å². The van der Waals surface area contributed by atoms with Crippen LogP contribution in [0.1, 0.15) is 65.2 Å². The number of carbonyl (C=O) groups excluding carboxylic acids is 1. The molecular weight excluding hydrogens is 198 g/mol. The third kappa shape index (κ3) is 2.58. The standard InChI is InChI=1S/C14H25NO/c1-3-5-13(16)15-14-7-4-6-12(10-14)8-11(2)9-14/h11-12H,3-10H2,1-2H3,(H,15,16). The first-order valence-electron chi connectivity index (χ1n) is 6.94. The lowest BCUT2D eigenvalue weighted by Crippen LogP contribution is -2.54. The molecule has 0 heterocycles. The minimum absolute atomic E-state index is 0.173. The summed E-state index contributed by atoms with van der Waals surface area (Å²) in [6, 6.07) is 0. The monoisotopic (exact) mass is 223 g/mol. The largest absolute Gasteiger partial charge is 0.351 e. The molecule has 0 aliphatic heterocycles. The second-order valence-corrected chi connectivity index (χ2v) is 6.09. The summed E-state index contributed by atoms with van der Waals surface area (Å²) in [6.45, 7) is 4.42. The number of hydrogen-bond acceptors (Lipinski definition) is 1. The first-order chi connectivity index (χ1) is 7.63. The summed E-state index contributed by atoms with van der Waals surface area (Å²) in [5.41, 5.74) is 0.173. The number of rotatable bonds is 3. The van der Waals surface area contributed by atoms with E-state index in [1.807, 2.05) is 0 Å². The second kappa shape index (κ2) is 4.77. The smallest absolute Gasteiger partial charge is 0.220 e. The van der Waals surface area contributed by atoms with Gasteiger partial charge >= 0.3 is 0 Å². The van der Waals surface area contributed by atoms with Gasteiger partial charge < -0.3 is 5.32 Å². The van der Waals surface area contributed by atoms with Gasteiger partial charge in [-0.1, -0.05) is 26.7 Å². The van der Waals surface area contributed by atoms with Crippen molar-refractivity contribution >= 4 is 5.91 Å². The minimum Gasteiger partial charge on any atom is -0.351 e.